The number of carbonyl (C=O) groups is 2. The van der Waals surface area contributed by atoms with Crippen LogP contribution in [0.25, 0.3) is 22.3 Å². The number of rotatable bonds is 6. The second-order valence-corrected chi connectivity index (χ2v) is 12.3. The first-order chi connectivity index (χ1) is 21.7. The van der Waals surface area contributed by atoms with Gasteiger partial charge in [-0.1, -0.05) is 64.1 Å². The largest absolute Gasteiger partial charge is 0.524 e. The zero-order valence-corrected chi connectivity index (χ0v) is 28.3. The average Bonchev–Trinajstić information content (AvgIpc) is 3.54. The number of phosphoric ester groups is 2. The van der Waals surface area contributed by atoms with Crippen LogP contribution in [0, 0.1) is 0 Å². The van der Waals surface area contributed by atoms with Crippen molar-refractivity contribution in [1.82, 2.24) is 0 Å². The van der Waals surface area contributed by atoms with Crippen molar-refractivity contribution in [2.45, 2.75) is 54.4 Å². The first kappa shape index (κ1) is 36.6. The van der Waals surface area contributed by atoms with Gasteiger partial charge in [-0.05, 0) is 108 Å². The van der Waals surface area contributed by atoms with Gasteiger partial charge >= 0.3 is 15.6 Å². The van der Waals surface area contributed by atoms with E-state index in [4.69, 9.17) is 19.6 Å². The van der Waals surface area contributed by atoms with Gasteiger partial charge in [0.2, 0.25) is 0 Å². The third-order valence-corrected chi connectivity index (χ3v) is 7.87. The Morgan fingerprint density at radius 1 is 0.522 bits per heavy atom. The summed E-state index contributed by atoms with van der Waals surface area (Å²) in [5.41, 5.74) is 9.27. The molecule has 0 spiro atoms. The summed E-state index contributed by atoms with van der Waals surface area (Å²) in [6.07, 6.45) is 1.27. The first-order valence-electron chi connectivity index (χ1n) is 14.7. The van der Waals surface area contributed by atoms with E-state index >= 15 is 0 Å². The topological polar surface area (TPSA) is 168 Å². The normalized spacial score (nSPS) is 11.9. The van der Waals surface area contributed by atoms with Crippen LogP contribution in [0.4, 0.5) is 0 Å². The lowest BCUT2D eigenvalue weighted by atomic mass is 10.0. The van der Waals surface area contributed by atoms with Crippen molar-refractivity contribution >= 4 is 27.2 Å². The fourth-order valence-electron chi connectivity index (χ4n) is 5.18. The lowest BCUT2D eigenvalue weighted by Gasteiger charge is -2.08. The van der Waals surface area contributed by atoms with Crippen LogP contribution in [0.5, 0.6) is 11.5 Å². The van der Waals surface area contributed by atoms with Crippen LogP contribution >= 0.6 is 15.6 Å². The Balaban J connectivity index is 0.000000226. The minimum absolute atomic E-state index is 0.00713. The quantitative estimate of drug-likeness (QED) is 0.101. The molecule has 4 aromatic rings. The van der Waals surface area contributed by atoms with Crippen molar-refractivity contribution in [1.29, 1.82) is 0 Å². The van der Waals surface area contributed by atoms with E-state index in [-0.39, 0.29) is 23.1 Å². The molecule has 244 valence electrons. The summed E-state index contributed by atoms with van der Waals surface area (Å²) >= 11 is 0. The van der Waals surface area contributed by atoms with Crippen LogP contribution < -0.4 is 9.05 Å². The van der Waals surface area contributed by atoms with Gasteiger partial charge in [0.25, 0.3) is 0 Å². The molecule has 0 saturated carbocycles. The highest BCUT2D eigenvalue weighted by molar-refractivity contribution is 7.47. The molecule has 0 radical (unpaired) electrons. The van der Waals surface area contributed by atoms with Crippen molar-refractivity contribution in [3.63, 3.8) is 0 Å². The lowest BCUT2D eigenvalue weighted by Crippen LogP contribution is -1.93. The standard InChI is InChI=1S/2C15H13O5P.2C2H6/c1-9(16)10-2-4-14-11(6-10)7-12-8-13(3-5-15(12)14)20-21(17,18)19;1-9(16)10-2-3-11-6-12-7-13(20-21(17,18)19)4-5-14(12)15(11)8-10;2*1-2/h2-6,8H,7H2,1H3,(H2,17,18,19);2-5,7-8H,6H2,1H3,(H2,17,18,19);2*1-2H3. The SMILES string of the molecule is CC.CC.CC(=O)c1ccc2c(c1)-c1ccc(OP(=O)(O)O)cc1C2.CC(=O)c1ccc2c(c1)Cc1cc(OP(=O)(O)O)ccc1-2. The molecule has 0 saturated heterocycles. The summed E-state index contributed by atoms with van der Waals surface area (Å²) < 4.78 is 30.9. The minimum atomic E-state index is -4.55. The Labute approximate surface area is 268 Å². The first-order valence-corrected chi connectivity index (χ1v) is 17.8. The maximum atomic E-state index is 11.5. The summed E-state index contributed by atoms with van der Waals surface area (Å²) in [7, 11) is -9.10. The fraction of sp³-hybridized carbons (Fsp3) is 0.235. The number of ketones is 2. The van der Waals surface area contributed by atoms with Gasteiger partial charge in [0.1, 0.15) is 11.5 Å². The predicted molar refractivity (Wildman–Crippen MR) is 177 cm³/mol. The summed E-state index contributed by atoms with van der Waals surface area (Å²) in [4.78, 5) is 58.3. The van der Waals surface area contributed by atoms with Gasteiger partial charge in [-0.3, -0.25) is 29.2 Å². The van der Waals surface area contributed by atoms with Crippen LogP contribution in [-0.4, -0.2) is 31.1 Å². The molecule has 0 heterocycles. The number of carbonyl (C=O) groups excluding carboxylic acids is 2. The van der Waals surface area contributed by atoms with E-state index in [1.165, 1.54) is 26.0 Å². The summed E-state index contributed by atoms with van der Waals surface area (Å²) in [6.45, 7) is 11.0. The van der Waals surface area contributed by atoms with Crippen LogP contribution in [0.3, 0.4) is 0 Å². The number of fused-ring (bicyclic) bond motifs is 6. The van der Waals surface area contributed by atoms with E-state index in [1.54, 1.807) is 36.4 Å². The van der Waals surface area contributed by atoms with E-state index in [0.29, 0.717) is 24.0 Å². The molecule has 12 heteroatoms. The van der Waals surface area contributed by atoms with Gasteiger partial charge in [0.15, 0.2) is 11.6 Å². The van der Waals surface area contributed by atoms with Gasteiger partial charge in [-0.2, -0.15) is 0 Å². The van der Waals surface area contributed by atoms with E-state index in [9.17, 15) is 18.7 Å². The molecule has 10 nitrogen and oxygen atoms in total. The monoisotopic (exact) mass is 668 g/mol. The summed E-state index contributed by atoms with van der Waals surface area (Å²) in [6, 6.07) is 21.0. The average molecular weight is 669 g/mol. The third kappa shape index (κ3) is 9.10. The molecule has 0 aliphatic heterocycles. The number of benzene rings is 4. The molecule has 4 N–H and O–H groups in total. The van der Waals surface area contributed by atoms with Gasteiger partial charge in [0, 0.05) is 11.1 Å². The van der Waals surface area contributed by atoms with Crippen LogP contribution in [-0.2, 0) is 22.0 Å². The van der Waals surface area contributed by atoms with Crippen molar-refractivity contribution < 1.29 is 47.3 Å². The molecule has 6 rings (SSSR count). The maximum Gasteiger partial charge on any atom is 0.524 e. The van der Waals surface area contributed by atoms with E-state index in [0.717, 1.165) is 44.5 Å². The van der Waals surface area contributed by atoms with Gasteiger partial charge < -0.3 is 9.05 Å². The molecular formula is C34H38O10P2. The molecule has 0 fully saturated rings. The fourth-order valence-corrected chi connectivity index (χ4v) is 5.96. The molecule has 46 heavy (non-hydrogen) atoms. The Morgan fingerprint density at radius 2 is 0.891 bits per heavy atom. The highest BCUT2D eigenvalue weighted by atomic mass is 31.2. The van der Waals surface area contributed by atoms with Gasteiger partial charge in [0.05, 0.1) is 0 Å². The summed E-state index contributed by atoms with van der Waals surface area (Å²) in [5.74, 6) is 0.301. The van der Waals surface area contributed by atoms with Gasteiger partial charge in [-0.15, -0.1) is 0 Å². The Hall–Kier alpha value is -3.88. The van der Waals surface area contributed by atoms with Crippen molar-refractivity contribution in [3.05, 3.63) is 106 Å². The molecule has 0 bridgehead atoms. The Kier molecular flexibility index (Phi) is 12.0. The molecular weight excluding hydrogens is 630 g/mol. The van der Waals surface area contributed by atoms with E-state index in [1.807, 2.05) is 52.0 Å². The van der Waals surface area contributed by atoms with E-state index in [2.05, 4.69) is 9.05 Å². The molecule has 2 aliphatic carbocycles. The predicted octanol–water partition coefficient (Wildman–Crippen LogP) is 7.92. The lowest BCUT2D eigenvalue weighted by molar-refractivity contribution is 0.100. The van der Waals surface area contributed by atoms with Gasteiger partial charge in [-0.25, -0.2) is 9.13 Å². The molecule has 2 aliphatic rings. The Morgan fingerprint density at radius 3 is 1.35 bits per heavy atom. The minimum Gasteiger partial charge on any atom is -0.404 e. The number of hydrogen-bond acceptors (Lipinski definition) is 6. The highest BCUT2D eigenvalue weighted by Gasteiger charge is 2.24. The van der Waals surface area contributed by atoms with Crippen molar-refractivity contribution in [3.8, 4) is 33.8 Å². The highest BCUT2D eigenvalue weighted by Crippen LogP contribution is 2.44. The smallest absolute Gasteiger partial charge is 0.404 e. The van der Waals surface area contributed by atoms with Crippen LogP contribution in [0.1, 0.15) is 84.5 Å². The zero-order chi connectivity index (χ0) is 34.4. The van der Waals surface area contributed by atoms with Crippen LogP contribution in [0.15, 0.2) is 72.8 Å². The molecule has 4 aromatic carbocycles. The zero-order valence-electron chi connectivity index (χ0n) is 26.5. The Bertz CT molecular complexity index is 1850. The second kappa shape index (κ2) is 15.1. The van der Waals surface area contributed by atoms with Crippen LogP contribution in [0.2, 0.25) is 0 Å². The van der Waals surface area contributed by atoms with E-state index < -0.39 is 15.6 Å². The number of Topliss-reactive ketones (excluding diaryl/α,β-unsaturated/α-hetero) is 2. The molecule has 0 aromatic heterocycles. The molecule has 0 amide bonds. The second-order valence-electron chi connectivity index (χ2n) is 10.0. The van der Waals surface area contributed by atoms with Crippen molar-refractivity contribution in [2.75, 3.05) is 0 Å². The van der Waals surface area contributed by atoms with Crippen molar-refractivity contribution in [2.24, 2.45) is 0 Å². The third-order valence-electron chi connectivity index (χ3n) is 6.97. The number of phosphoric acid groups is 2. The maximum absolute atomic E-state index is 11.5. The number of hydrogen-bond donors (Lipinski definition) is 4. The summed E-state index contributed by atoms with van der Waals surface area (Å²) in [5, 5.41) is 0. The molecule has 0 unspecified atom stereocenters. The molecule has 0 atom stereocenters.